The number of nitrogens with one attached hydrogen (secondary N) is 1. The predicted octanol–water partition coefficient (Wildman–Crippen LogP) is 3.84. The van der Waals surface area contributed by atoms with Crippen LogP contribution in [0.3, 0.4) is 0 Å². The van der Waals surface area contributed by atoms with E-state index in [0.29, 0.717) is 42.4 Å². The lowest BCUT2D eigenvalue weighted by molar-refractivity contribution is 0.193. The van der Waals surface area contributed by atoms with E-state index >= 15 is 0 Å². The van der Waals surface area contributed by atoms with Gasteiger partial charge in [0.05, 0.1) is 14.2 Å². The number of nitrogens with zero attached hydrogens (tertiary/aromatic N) is 1. The molecule has 1 aliphatic rings. The largest absolute Gasteiger partial charge is 0.493 e. The van der Waals surface area contributed by atoms with Gasteiger partial charge in [-0.25, -0.2) is 9.18 Å². The molecule has 0 saturated carbocycles. The van der Waals surface area contributed by atoms with Gasteiger partial charge in [0.2, 0.25) is 0 Å². The summed E-state index contributed by atoms with van der Waals surface area (Å²) in [6.45, 7) is 1.76. The molecule has 2 aromatic carbocycles. The first-order valence-corrected chi connectivity index (χ1v) is 10.4. The Labute approximate surface area is 169 Å². The van der Waals surface area contributed by atoms with Crippen LogP contribution in [0.4, 0.5) is 9.18 Å². The number of hydrogen-bond acceptors (Lipinski definition) is 4. The van der Waals surface area contributed by atoms with Crippen molar-refractivity contribution in [2.24, 2.45) is 0 Å². The zero-order chi connectivity index (χ0) is 19.9. The molecule has 0 aliphatic carbocycles. The van der Waals surface area contributed by atoms with E-state index in [9.17, 15) is 9.18 Å². The molecule has 1 heterocycles. The van der Waals surface area contributed by atoms with Crippen LogP contribution in [0.1, 0.15) is 16.7 Å². The Morgan fingerprint density at radius 2 is 1.89 bits per heavy atom. The molecular formula is C21H25FN2O3S. The maximum atomic E-state index is 13.6. The second-order valence-electron chi connectivity index (χ2n) is 6.52. The van der Waals surface area contributed by atoms with Crippen LogP contribution in [-0.4, -0.2) is 44.0 Å². The Kier molecular flexibility index (Phi) is 7.03. The van der Waals surface area contributed by atoms with Crippen molar-refractivity contribution in [1.29, 1.82) is 0 Å². The molecule has 1 aliphatic heterocycles. The number of halogens is 1. The van der Waals surface area contributed by atoms with Gasteiger partial charge in [-0.2, -0.15) is 11.8 Å². The molecule has 0 unspecified atom stereocenters. The zero-order valence-electron chi connectivity index (χ0n) is 16.2. The minimum absolute atomic E-state index is 0.0769. The highest BCUT2D eigenvalue weighted by molar-refractivity contribution is 7.98. The van der Waals surface area contributed by atoms with Crippen LogP contribution in [0.25, 0.3) is 0 Å². The predicted molar refractivity (Wildman–Crippen MR) is 110 cm³/mol. The first-order valence-electron chi connectivity index (χ1n) is 9.20. The van der Waals surface area contributed by atoms with Gasteiger partial charge in [0.15, 0.2) is 11.5 Å². The summed E-state index contributed by atoms with van der Waals surface area (Å²) in [5.74, 6) is 2.54. The van der Waals surface area contributed by atoms with E-state index in [1.54, 1.807) is 43.0 Å². The van der Waals surface area contributed by atoms with Gasteiger partial charge in [-0.15, -0.1) is 0 Å². The summed E-state index contributed by atoms with van der Waals surface area (Å²) < 4.78 is 24.3. The average Bonchev–Trinajstić information content (AvgIpc) is 2.73. The molecule has 2 amide bonds. The van der Waals surface area contributed by atoms with Crippen molar-refractivity contribution in [3.05, 3.63) is 58.9 Å². The summed E-state index contributed by atoms with van der Waals surface area (Å²) in [4.78, 5) is 14.3. The number of benzene rings is 2. The van der Waals surface area contributed by atoms with Gasteiger partial charge in [0, 0.05) is 31.1 Å². The van der Waals surface area contributed by atoms with Crippen molar-refractivity contribution >= 4 is 17.8 Å². The van der Waals surface area contributed by atoms with Crippen LogP contribution < -0.4 is 14.8 Å². The molecule has 5 nitrogen and oxygen atoms in total. The minimum Gasteiger partial charge on any atom is -0.493 e. The number of amides is 2. The molecule has 2 aromatic rings. The number of fused-ring (bicyclic) bond motifs is 1. The molecule has 3 rings (SSSR count). The van der Waals surface area contributed by atoms with E-state index in [1.807, 2.05) is 18.2 Å². The third-order valence-electron chi connectivity index (χ3n) is 4.74. The zero-order valence-corrected chi connectivity index (χ0v) is 17.0. The fourth-order valence-corrected chi connectivity index (χ4v) is 4.04. The number of methoxy groups -OCH3 is 2. The summed E-state index contributed by atoms with van der Waals surface area (Å²) in [5, 5.41) is 2.95. The van der Waals surface area contributed by atoms with Crippen molar-refractivity contribution in [2.75, 3.05) is 33.1 Å². The van der Waals surface area contributed by atoms with Crippen LogP contribution >= 0.6 is 11.8 Å². The van der Waals surface area contributed by atoms with Crippen LogP contribution in [0.15, 0.2) is 36.4 Å². The highest BCUT2D eigenvalue weighted by atomic mass is 32.2. The van der Waals surface area contributed by atoms with Crippen LogP contribution in [-0.2, 0) is 18.7 Å². The molecular weight excluding hydrogens is 379 g/mol. The van der Waals surface area contributed by atoms with Gasteiger partial charge in [0.1, 0.15) is 5.82 Å². The normalized spacial score (nSPS) is 13.0. The van der Waals surface area contributed by atoms with E-state index < -0.39 is 0 Å². The average molecular weight is 405 g/mol. The van der Waals surface area contributed by atoms with Gasteiger partial charge in [0.25, 0.3) is 0 Å². The first-order chi connectivity index (χ1) is 13.6. The number of thioether (sulfide) groups is 1. The molecule has 0 atom stereocenters. The topological polar surface area (TPSA) is 50.8 Å². The SMILES string of the molecule is COc1cc2c(cc1OC)CN(C(=O)NCCSCc1ccccc1F)CC2. The molecule has 0 radical (unpaired) electrons. The van der Waals surface area contributed by atoms with E-state index in [-0.39, 0.29) is 11.8 Å². The second kappa shape index (κ2) is 9.68. The number of hydrogen-bond donors (Lipinski definition) is 1. The minimum atomic E-state index is -0.182. The third kappa shape index (κ3) is 4.90. The maximum absolute atomic E-state index is 13.6. The van der Waals surface area contributed by atoms with Crippen molar-refractivity contribution in [3.63, 3.8) is 0 Å². The van der Waals surface area contributed by atoms with E-state index in [1.165, 1.54) is 11.6 Å². The molecule has 0 saturated heterocycles. The van der Waals surface area contributed by atoms with Crippen LogP contribution in [0.2, 0.25) is 0 Å². The lowest BCUT2D eigenvalue weighted by Crippen LogP contribution is -2.43. The number of urea groups is 1. The van der Waals surface area contributed by atoms with E-state index in [4.69, 9.17) is 9.47 Å². The Hall–Kier alpha value is -2.41. The fourth-order valence-electron chi connectivity index (χ4n) is 3.20. The molecule has 0 bridgehead atoms. The van der Waals surface area contributed by atoms with Crippen molar-refractivity contribution < 1.29 is 18.7 Å². The molecule has 150 valence electrons. The molecule has 0 aromatic heterocycles. The van der Waals surface area contributed by atoms with Gasteiger partial charge in [-0.1, -0.05) is 18.2 Å². The van der Waals surface area contributed by atoms with Crippen LogP contribution in [0.5, 0.6) is 11.5 Å². The van der Waals surface area contributed by atoms with Gasteiger partial charge in [-0.05, 0) is 41.3 Å². The lowest BCUT2D eigenvalue weighted by Gasteiger charge is -2.29. The van der Waals surface area contributed by atoms with Crippen molar-refractivity contribution in [3.8, 4) is 11.5 Å². The molecule has 1 N–H and O–H groups in total. The highest BCUT2D eigenvalue weighted by Crippen LogP contribution is 2.33. The third-order valence-corrected chi connectivity index (χ3v) is 5.75. The Balaban J connectivity index is 1.46. The number of carbonyl (C=O) groups is 1. The first kappa shape index (κ1) is 20.3. The Morgan fingerprint density at radius 1 is 1.18 bits per heavy atom. The van der Waals surface area contributed by atoms with Gasteiger partial charge in [-0.3, -0.25) is 0 Å². The highest BCUT2D eigenvalue weighted by Gasteiger charge is 2.22. The van der Waals surface area contributed by atoms with Crippen molar-refractivity contribution in [2.45, 2.75) is 18.7 Å². The summed E-state index contributed by atoms with van der Waals surface area (Å²) >= 11 is 1.60. The molecule has 0 spiro atoms. The molecule has 7 heteroatoms. The van der Waals surface area contributed by atoms with E-state index in [2.05, 4.69) is 5.32 Å². The quantitative estimate of drug-likeness (QED) is 0.713. The van der Waals surface area contributed by atoms with Crippen molar-refractivity contribution in [1.82, 2.24) is 10.2 Å². The fraction of sp³-hybridized carbons (Fsp3) is 0.381. The summed E-state index contributed by atoms with van der Waals surface area (Å²) in [6, 6.07) is 10.6. The number of ether oxygens (including phenoxy) is 2. The lowest BCUT2D eigenvalue weighted by atomic mass is 9.99. The summed E-state index contributed by atoms with van der Waals surface area (Å²) in [6.07, 6.45) is 0.783. The standard InChI is InChI=1S/C21H25FN2O3S/c1-26-19-11-15-7-9-24(13-17(15)12-20(19)27-2)21(25)23-8-10-28-14-16-5-3-4-6-18(16)22/h3-6,11-12H,7-10,13-14H2,1-2H3,(H,23,25). The number of carbonyl (C=O) groups excluding carboxylic acids is 1. The second-order valence-corrected chi connectivity index (χ2v) is 7.63. The van der Waals surface area contributed by atoms with Gasteiger partial charge < -0.3 is 19.7 Å². The van der Waals surface area contributed by atoms with Gasteiger partial charge >= 0.3 is 6.03 Å². The summed E-state index contributed by atoms with van der Waals surface area (Å²) in [5.41, 5.74) is 2.95. The van der Waals surface area contributed by atoms with Crippen LogP contribution in [0, 0.1) is 5.82 Å². The Morgan fingerprint density at radius 3 is 2.61 bits per heavy atom. The summed E-state index contributed by atoms with van der Waals surface area (Å²) in [7, 11) is 3.23. The number of rotatable bonds is 7. The molecule has 28 heavy (non-hydrogen) atoms. The smallest absolute Gasteiger partial charge is 0.317 e. The van der Waals surface area contributed by atoms with E-state index in [0.717, 1.165) is 17.7 Å². The maximum Gasteiger partial charge on any atom is 0.317 e. The monoisotopic (exact) mass is 404 g/mol. The Bertz CT molecular complexity index is 831. The molecule has 0 fully saturated rings.